The summed E-state index contributed by atoms with van der Waals surface area (Å²) >= 11 is 1.60. The largest absolute Gasteiger partial charge is 0.497 e. The van der Waals surface area contributed by atoms with Crippen molar-refractivity contribution in [2.24, 2.45) is 5.92 Å². The molecule has 164 valence electrons. The molecule has 0 amide bonds. The van der Waals surface area contributed by atoms with Crippen LogP contribution < -0.4 is 10.1 Å². The summed E-state index contributed by atoms with van der Waals surface area (Å²) < 4.78 is 32.6. The highest BCUT2D eigenvalue weighted by atomic mass is 32.2. The number of aryl methyl sites for hydroxylation is 1. The Morgan fingerprint density at radius 1 is 1.16 bits per heavy atom. The number of thiazole rings is 1. The van der Waals surface area contributed by atoms with E-state index in [0.717, 1.165) is 35.8 Å². The molecule has 1 aromatic heterocycles. The Morgan fingerprint density at radius 3 is 2.68 bits per heavy atom. The van der Waals surface area contributed by atoms with Crippen molar-refractivity contribution in [2.45, 2.75) is 24.7 Å². The van der Waals surface area contributed by atoms with Crippen LogP contribution in [0.5, 0.6) is 5.75 Å². The Balaban J connectivity index is 1.31. The number of anilines is 1. The number of ether oxygens (including phenoxy) is 1. The highest BCUT2D eigenvalue weighted by molar-refractivity contribution is 7.89. The van der Waals surface area contributed by atoms with Crippen LogP contribution in [0.25, 0.3) is 11.3 Å². The highest BCUT2D eigenvalue weighted by Crippen LogP contribution is 2.28. The van der Waals surface area contributed by atoms with Gasteiger partial charge in [-0.25, -0.2) is 13.4 Å². The minimum Gasteiger partial charge on any atom is -0.497 e. The van der Waals surface area contributed by atoms with E-state index in [0.29, 0.717) is 24.8 Å². The van der Waals surface area contributed by atoms with Crippen LogP contribution in [0.15, 0.2) is 58.8 Å². The van der Waals surface area contributed by atoms with E-state index in [4.69, 9.17) is 9.72 Å². The summed E-state index contributed by atoms with van der Waals surface area (Å²) in [6.07, 6.45) is 1.65. The fourth-order valence-corrected chi connectivity index (χ4v) is 6.02. The van der Waals surface area contributed by atoms with Gasteiger partial charge in [0.2, 0.25) is 10.0 Å². The van der Waals surface area contributed by atoms with E-state index >= 15 is 0 Å². The number of hydrogen-bond acceptors (Lipinski definition) is 6. The van der Waals surface area contributed by atoms with Crippen LogP contribution in [0, 0.1) is 12.8 Å². The van der Waals surface area contributed by atoms with Crippen molar-refractivity contribution >= 4 is 26.5 Å². The van der Waals surface area contributed by atoms with Gasteiger partial charge in [-0.1, -0.05) is 29.8 Å². The number of aromatic nitrogens is 1. The van der Waals surface area contributed by atoms with Crippen molar-refractivity contribution in [3.05, 3.63) is 59.5 Å². The molecule has 6 nitrogen and oxygen atoms in total. The third-order valence-corrected chi connectivity index (χ3v) is 8.31. The van der Waals surface area contributed by atoms with E-state index in [1.807, 2.05) is 6.07 Å². The molecule has 2 aromatic carbocycles. The Morgan fingerprint density at radius 2 is 1.94 bits per heavy atom. The van der Waals surface area contributed by atoms with Crippen molar-refractivity contribution in [2.75, 3.05) is 32.1 Å². The summed E-state index contributed by atoms with van der Waals surface area (Å²) in [5.41, 5.74) is 3.33. The molecule has 2 heterocycles. The summed E-state index contributed by atoms with van der Waals surface area (Å²) in [6.45, 7) is 3.93. The van der Waals surface area contributed by atoms with Crippen molar-refractivity contribution in [1.29, 1.82) is 0 Å². The Hall–Kier alpha value is -2.42. The van der Waals surface area contributed by atoms with Crippen molar-refractivity contribution < 1.29 is 13.2 Å². The lowest BCUT2D eigenvalue weighted by Crippen LogP contribution is -2.39. The SMILES string of the molecule is COc1cccc(S(=O)(=O)N2CCC(CNc3nc(-c4cccc(C)c4)cs3)CC2)c1. The molecule has 1 fully saturated rings. The monoisotopic (exact) mass is 457 g/mol. The van der Waals surface area contributed by atoms with Gasteiger partial charge in [-0.3, -0.25) is 0 Å². The number of nitrogens with one attached hydrogen (secondary N) is 1. The molecule has 0 aliphatic carbocycles. The standard InChI is InChI=1S/C23H27N3O3S2/c1-17-5-3-6-19(13-17)22-16-30-23(25-22)24-15-18-9-11-26(12-10-18)31(27,28)21-8-4-7-20(14-21)29-2/h3-8,13-14,16,18H,9-12,15H2,1-2H3,(H,24,25). The molecule has 1 aliphatic heterocycles. The van der Waals surface area contributed by atoms with Crippen molar-refractivity contribution in [1.82, 2.24) is 9.29 Å². The molecule has 0 saturated carbocycles. The van der Waals surface area contributed by atoms with E-state index in [1.165, 1.54) is 12.7 Å². The van der Waals surface area contributed by atoms with Gasteiger partial charge in [0.15, 0.2) is 5.13 Å². The second kappa shape index (κ2) is 9.38. The highest BCUT2D eigenvalue weighted by Gasteiger charge is 2.29. The molecular weight excluding hydrogens is 430 g/mol. The van der Waals surface area contributed by atoms with Gasteiger partial charge in [0.1, 0.15) is 5.75 Å². The van der Waals surface area contributed by atoms with Gasteiger partial charge < -0.3 is 10.1 Å². The summed E-state index contributed by atoms with van der Waals surface area (Å²) in [4.78, 5) is 4.99. The van der Waals surface area contributed by atoms with E-state index in [1.54, 1.807) is 39.9 Å². The third kappa shape index (κ3) is 5.08. The first kappa shape index (κ1) is 21.8. The minimum absolute atomic E-state index is 0.287. The van der Waals surface area contributed by atoms with E-state index < -0.39 is 10.0 Å². The maximum absolute atomic E-state index is 12.9. The molecular formula is C23H27N3O3S2. The van der Waals surface area contributed by atoms with Crippen LogP contribution in [0.3, 0.4) is 0 Å². The summed E-state index contributed by atoms with van der Waals surface area (Å²) in [5.74, 6) is 0.969. The van der Waals surface area contributed by atoms with Gasteiger partial charge in [-0.15, -0.1) is 11.3 Å². The fourth-order valence-electron chi connectivity index (χ4n) is 3.79. The molecule has 1 saturated heterocycles. The summed E-state index contributed by atoms with van der Waals surface area (Å²) in [6, 6.07) is 15.0. The first-order valence-electron chi connectivity index (χ1n) is 10.4. The molecule has 3 aromatic rings. The lowest BCUT2D eigenvalue weighted by molar-refractivity contribution is 0.282. The zero-order chi connectivity index (χ0) is 21.8. The second-order valence-electron chi connectivity index (χ2n) is 7.81. The minimum atomic E-state index is -3.49. The number of piperidine rings is 1. The topological polar surface area (TPSA) is 71.5 Å². The summed E-state index contributed by atoms with van der Waals surface area (Å²) in [5, 5.41) is 6.42. The molecule has 0 unspecified atom stereocenters. The number of rotatable bonds is 7. The molecule has 0 spiro atoms. The molecule has 1 aliphatic rings. The average Bonchev–Trinajstić information content (AvgIpc) is 3.27. The van der Waals surface area contributed by atoms with E-state index in [2.05, 4.69) is 35.8 Å². The summed E-state index contributed by atoms with van der Waals surface area (Å²) in [7, 11) is -1.96. The van der Waals surface area contributed by atoms with Crippen LogP contribution in [-0.4, -0.2) is 44.5 Å². The first-order valence-corrected chi connectivity index (χ1v) is 12.7. The first-order chi connectivity index (χ1) is 15.0. The van der Waals surface area contributed by atoms with E-state index in [-0.39, 0.29) is 4.90 Å². The zero-order valence-corrected chi connectivity index (χ0v) is 19.4. The van der Waals surface area contributed by atoms with Crippen LogP contribution in [0.2, 0.25) is 0 Å². The van der Waals surface area contributed by atoms with E-state index in [9.17, 15) is 8.42 Å². The Bertz CT molecular complexity index is 1140. The van der Waals surface area contributed by atoms with Crippen molar-refractivity contribution in [3.63, 3.8) is 0 Å². The molecule has 8 heteroatoms. The Kier molecular flexibility index (Phi) is 6.60. The van der Waals surface area contributed by atoms with Crippen LogP contribution in [0.4, 0.5) is 5.13 Å². The van der Waals surface area contributed by atoms with Gasteiger partial charge in [-0.2, -0.15) is 4.31 Å². The van der Waals surface area contributed by atoms with Gasteiger partial charge in [0.05, 0.1) is 17.7 Å². The average molecular weight is 458 g/mol. The normalized spacial score (nSPS) is 15.7. The smallest absolute Gasteiger partial charge is 0.243 e. The maximum Gasteiger partial charge on any atom is 0.243 e. The van der Waals surface area contributed by atoms with Gasteiger partial charge in [-0.05, 0) is 43.9 Å². The van der Waals surface area contributed by atoms with Crippen LogP contribution in [-0.2, 0) is 10.0 Å². The fraction of sp³-hybridized carbons (Fsp3) is 0.348. The van der Waals surface area contributed by atoms with Gasteiger partial charge >= 0.3 is 0 Å². The predicted octanol–water partition coefficient (Wildman–Crippen LogP) is 4.64. The molecule has 31 heavy (non-hydrogen) atoms. The molecule has 0 bridgehead atoms. The maximum atomic E-state index is 12.9. The van der Waals surface area contributed by atoms with Gasteiger partial charge in [0.25, 0.3) is 0 Å². The number of hydrogen-bond donors (Lipinski definition) is 1. The molecule has 0 atom stereocenters. The molecule has 0 radical (unpaired) electrons. The molecule has 1 N–H and O–H groups in total. The van der Waals surface area contributed by atoms with Crippen LogP contribution in [0.1, 0.15) is 18.4 Å². The van der Waals surface area contributed by atoms with Gasteiger partial charge in [0, 0.05) is 36.6 Å². The quantitative estimate of drug-likeness (QED) is 0.560. The van der Waals surface area contributed by atoms with Crippen molar-refractivity contribution in [3.8, 4) is 17.0 Å². The zero-order valence-electron chi connectivity index (χ0n) is 17.7. The Labute approximate surface area is 188 Å². The number of benzene rings is 2. The number of nitrogens with zero attached hydrogens (tertiary/aromatic N) is 2. The third-order valence-electron chi connectivity index (χ3n) is 5.61. The lowest BCUT2D eigenvalue weighted by Gasteiger charge is -2.31. The lowest BCUT2D eigenvalue weighted by atomic mass is 9.98. The predicted molar refractivity (Wildman–Crippen MR) is 125 cm³/mol. The number of methoxy groups -OCH3 is 1. The molecule has 4 rings (SSSR count). The van der Waals surface area contributed by atoms with Crippen LogP contribution >= 0.6 is 11.3 Å². The number of sulfonamides is 1. The second-order valence-corrected chi connectivity index (χ2v) is 10.6.